The Bertz CT molecular complexity index is 58.9. The topological polar surface area (TPSA) is 40.1 Å². The minimum atomic E-state index is -1.06. The summed E-state index contributed by atoms with van der Waals surface area (Å²) in [6.45, 7) is 0. The molecule has 0 aliphatic rings. The minimum Gasteiger partial charge on any atom is -0.792 e. The van der Waals surface area contributed by atoms with Gasteiger partial charge in [0.1, 0.15) is 0 Å². The van der Waals surface area contributed by atoms with Crippen molar-refractivity contribution in [1.29, 1.82) is 0 Å². The summed E-state index contributed by atoms with van der Waals surface area (Å²) in [7, 11) is 0. The van der Waals surface area contributed by atoms with Gasteiger partial charge in [-0.3, -0.25) is 0 Å². The van der Waals surface area contributed by atoms with E-state index in [0.717, 1.165) is 0 Å². The molecule has 0 aromatic carbocycles. The van der Waals surface area contributed by atoms with E-state index in [1.165, 1.54) is 0 Å². The van der Waals surface area contributed by atoms with Crippen LogP contribution in [0.15, 0.2) is 0 Å². The van der Waals surface area contributed by atoms with Gasteiger partial charge in [-0.15, -0.1) is 0 Å². The van der Waals surface area contributed by atoms with Gasteiger partial charge in [0.15, 0.2) is 0 Å². The summed E-state index contributed by atoms with van der Waals surface area (Å²) in [4.78, 5) is 9.42. The van der Waals surface area contributed by atoms with Gasteiger partial charge in [0.05, 0.1) is 0 Å². The number of carboxylic acid groups (broad SMARTS) is 1. The number of carboxylic acids is 1. The first-order chi connectivity index (χ1) is 2.77. The average Bonchev–Trinajstić information content (AvgIpc) is 1.35. The molecule has 54 valence electrons. The van der Waals surface area contributed by atoms with Crippen LogP contribution in [0.2, 0.25) is 0 Å². The first-order valence-corrected chi connectivity index (χ1v) is 2.13. The van der Waals surface area contributed by atoms with E-state index in [9.17, 15) is 9.90 Å². The molecule has 0 aliphatic heterocycles. The second-order valence-corrected chi connectivity index (χ2v) is 1.23. The molecule has 0 rings (SSSR count). The maximum Gasteiger partial charge on any atom is 2.00 e. The van der Waals surface area contributed by atoms with Gasteiger partial charge in [-0.2, -0.15) is 5.75 Å². The van der Waals surface area contributed by atoms with Gasteiger partial charge in [0, 0.05) is 5.97 Å². The Morgan fingerprint density at radius 1 is 1.44 bits per heavy atom. The first kappa shape index (κ1) is 22.6. The van der Waals surface area contributed by atoms with Gasteiger partial charge >= 0.3 is 23.9 Å². The standard InChI is InChI=1S/C3H6O2S.2CH4.Sn/c4-3(5)1-2-6;;;/h6H,1-2H2,(H,4,5);2*1H4;/q;;;+2/p-2. The van der Waals surface area contributed by atoms with Crippen LogP contribution >= 0.6 is 0 Å². The second-order valence-electron chi connectivity index (χ2n) is 0.826. The van der Waals surface area contributed by atoms with Crippen molar-refractivity contribution >= 4 is 42.5 Å². The number of carbonyl (C=O) groups excluding carboxylic acids is 1. The van der Waals surface area contributed by atoms with E-state index in [-0.39, 0.29) is 50.9 Å². The zero-order chi connectivity index (χ0) is 4.99. The number of carbonyl (C=O) groups is 1. The molecule has 0 fully saturated rings. The molecule has 0 aromatic heterocycles. The monoisotopic (exact) mass is 256 g/mol. The third-order valence-electron chi connectivity index (χ3n) is 0.306. The van der Waals surface area contributed by atoms with Crippen LogP contribution < -0.4 is 5.11 Å². The normalized spacial score (nSPS) is 5.44. The van der Waals surface area contributed by atoms with Crippen LogP contribution in [0.5, 0.6) is 0 Å². The van der Waals surface area contributed by atoms with Crippen molar-refractivity contribution in [1.82, 2.24) is 0 Å². The van der Waals surface area contributed by atoms with Crippen molar-refractivity contribution in [3.05, 3.63) is 0 Å². The number of hydrogen-bond acceptors (Lipinski definition) is 3. The fourth-order valence-corrected chi connectivity index (χ4v) is 0.250. The Morgan fingerprint density at radius 2 is 1.78 bits per heavy atom. The minimum absolute atomic E-state index is 0. The van der Waals surface area contributed by atoms with E-state index in [1.807, 2.05) is 0 Å². The SMILES string of the molecule is C.C.O=C([O-])CC[S-].[Sn+2]. The largest absolute Gasteiger partial charge is 2.00 e. The van der Waals surface area contributed by atoms with Crippen LogP contribution in [0.1, 0.15) is 21.3 Å². The predicted molar refractivity (Wildman–Crippen MR) is 41.1 cm³/mol. The molecular weight excluding hydrogens is 243 g/mol. The smallest absolute Gasteiger partial charge is 0.792 e. The first-order valence-electron chi connectivity index (χ1n) is 1.55. The second kappa shape index (κ2) is 15.8. The molecule has 0 bridgehead atoms. The maximum atomic E-state index is 9.42. The number of aliphatic carboxylic acids is 1. The summed E-state index contributed by atoms with van der Waals surface area (Å²) >= 11 is 4.31. The third-order valence-corrected chi connectivity index (χ3v) is 0.510. The van der Waals surface area contributed by atoms with E-state index in [4.69, 9.17) is 0 Å². The summed E-state index contributed by atoms with van der Waals surface area (Å²) in [5, 5.41) is 9.42. The Hall–Kier alpha value is 0.619. The zero-order valence-corrected chi connectivity index (χ0v) is 7.31. The van der Waals surface area contributed by atoms with Gasteiger partial charge in [0.25, 0.3) is 0 Å². The molecule has 0 amide bonds. The van der Waals surface area contributed by atoms with Crippen LogP contribution in [0.4, 0.5) is 0 Å². The Balaban J connectivity index is -0.0000000417. The van der Waals surface area contributed by atoms with Crippen molar-refractivity contribution in [2.75, 3.05) is 5.75 Å². The van der Waals surface area contributed by atoms with E-state index in [2.05, 4.69) is 12.6 Å². The van der Waals surface area contributed by atoms with E-state index in [1.54, 1.807) is 0 Å². The van der Waals surface area contributed by atoms with E-state index < -0.39 is 5.97 Å². The van der Waals surface area contributed by atoms with Gasteiger partial charge in [-0.05, 0) is 6.42 Å². The molecule has 0 aliphatic carbocycles. The molecule has 0 N–H and O–H groups in total. The molecule has 0 unspecified atom stereocenters. The van der Waals surface area contributed by atoms with Crippen LogP contribution in [0.25, 0.3) is 0 Å². The molecule has 0 heterocycles. The van der Waals surface area contributed by atoms with Crippen molar-refractivity contribution in [3.63, 3.8) is 0 Å². The molecule has 0 aromatic rings. The number of rotatable bonds is 2. The molecule has 0 saturated carbocycles. The van der Waals surface area contributed by atoms with Crippen molar-refractivity contribution in [2.24, 2.45) is 0 Å². The fraction of sp³-hybridized carbons (Fsp3) is 0.800. The van der Waals surface area contributed by atoms with Crippen molar-refractivity contribution < 1.29 is 9.90 Å². The fourth-order valence-electron chi connectivity index (χ4n) is 0.0833. The molecule has 9 heavy (non-hydrogen) atoms. The molecule has 4 heteroatoms. The predicted octanol–water partition coefficient (Wildman–Crippen LogP) is -0.435. The van der Waals surface area contributed by atoms with Crippen LogP contribution in [0.3, 0.4) is 0 Å². The van der Waals surface area contributed by atoms with Gasteiger partial charge < -0.3 is 22.5 Å². The Labute approximate surface area is 79.4 Å². The van der Waals surface area contributed by atoms with Crippen LogP contribution in [-0.4, -0.2) is 35.6 Å². The Morgan fingerprint density at radius 3 is 1.78 bits per heavy atom. The van der Waals surface area contributed by atoms with Crippen LogP contribution in [-0.2, 0) is 17.4 Å². The summed E-state index contributed by atoms with van der Waals surface area (Å²) in [6, 6.07) is 0. The molecule has 2 nitrogen and oxygen atoms in total. The number of hydrogen-bond donors (Lipinski definition) is 0. The maximum absolute atomic E-state index is 9.42. The summed E-state index contributed by atoms with van der Waals surface area (Å²) in [6.07, 6.45) is -0.00463. The zero-order valence-electron chi connectivity index (χ0n) is 3.64. The molecular formula is C5H12O2SSn. The van der Waals surface area contributed by atoms with Gasteiger partial charge in [-0.25, -0.2) is 0 Å². The van der Waals surface area contributed by atoms with Gasteiger partial charge in [-0.1, -0.05) is 14.9 Å². The van der Waals surface area contributed by atoms with Crippen molar-refractivity contribution in [3.8, 4) is 0 Å². The average molecular weight is 255 g/mol. The van der Waals surface area contributed by atoms with Crippen LogP contribution in [0, 0.1) is 0 Å². The third kappa shape index (κ3) is 28.8. The molecule has 0 spiro atoms. The Kier molecular flexibility index (Phi) is 39.8. The quantitative estimate of drug-likeness (QED) is 0.496. The van der Waals surface area contributed by atoms with Gasteiger partial charge in [0.2, 0.25) is 0 Å². The van der Waals surface area contributed by atoms with Crippen molar-refractivity contribution in [2.45, 2.75) is 21.3 Å². The molecule has 0 saturated heterocycles. The summed E-state index contributed by atoms with van der Waals surface area (Å²) < 4.78 is 0. The van der Waals surface area contributed by atoms with E-state index >= 15 is 0 Å². The summed E-state index contributed by atoms with van der Waals surface area (Å²) in [5.41, 5.74) is 0. The molecule has 2 radical (unpaired) electrons. The summed E-state index contributed by atoms with van der Waals surface area (Å²) in [5.74, 6) is -0.812. The molecule has 0 atom stereocenters. The van der Waals surface area contributed by atoms with E-state index in [0.29, 0.717) is 0 Å².